The monoisotopic (exact) mass is 383 g/mol. The molecule has 0 atom stereocenters. The maximum Gasteiger partial charge on any atom is 0.243 e. The number of rotatable bonds is 6. The summed E-state index contributed by atoms with van der Waals surface area (Å²) < 4.78 is 39.9. The van der Waals surface area contributed by atoms with Crippen molar-refractivity contribution in [3.05, 3.63) is 30.1 Å². The number of carbonyl (C=O) groups excluding carboxylic acids is 1. The highest BCUT2D eigenvalue weighted by atomic mass is 32.2. The van der Waals surface area contributed by atoms with E-state index in [-0.39, 0.29) is 10.8 Å². The number of hydrogen-bond donors (Lipinski definition) is 1. The Labute approximate surface area is 154 Å². The number of halogens is 1. The zero-order valence-electron chi connectivity index (χ0n) is 14.9. The van der Waals surface area contributed by atoms with Crippen LogP contribution in [0.15, 0.2) is 29.2 Å². The van der Waals surface area contributed by atoms with Crippen LogP contribution in [0, 0.1) is 5.82 Å². The second kappa shape index (κ2) is 8.45. The molecule has 2 aliphatic rings. The van der Waals surface area contributed by atoms with Crippen molar-refractivity contribution in [2.75, 3.05) is 32.7 Å². The lowest BCUT2D eigenvalue weighted by molar-refractivity contribution is -0.122. The Hall–Kier alpha value is -1.51. The number of amides is 1. The topological polar surface area (TPSA) is 69.7 Å². The van der Waals surface area contributed by atoms with E-state index in [2.05, 4.69) is 10.2 Å². The lowest BCUT2D eigenvalue weighted by Gasteiger charge is -2.33. The zero-order valence-corrected chi connectivity index (χ0v) is 15.7. The molecule has 1 aromatic carbocycles. The molecular formula is C18H26FN3O3S. The minimum Gasteiger partial charge on any atom is -0.353 e. The Kier molecular flexibility index (Phi) is 6.26. The highest BCUT2D eigenvalue weighted by molar-refractivity contribution is 7.89. The van der Waals surface area contributed by atoms with Crippen LogP contribution < -0.4 is 5.32 Å². The molecule has 1 amide bonds. The molecule has 1 N–H and O–H groups in total. The molecule has 0 spiro atoms. The maximum absolute atomic E-state index is 13.3. The molecule has 26 heavy (non-hydrogen) atoms. The van der Waals surface area contributed by atoms with Crippen LogP contribution in [0.25, 0.3) is 0 Å². The van der Waals surface area contributed by atoms with Gasteiger partial charge in [-0.25, -0.2) is 12.8 Å². The maximum atomic E-state index is 13.3. The molecule has 0 unspecified atom stereocenters. The fourth-order valence-electron chi connectivity index (χ4n) is 3.60. The summed E-state index contributed by atoms with van der Waals surface area (Å²) in [5, 5.41) is 3.07. The van der Waals surface area contributed by atoms with Gasteiger partial charge in [0.15, 0.2) is 0 Å². The number of benzene rings is 1. The fraction of sp³-hybridized carbons (Fsp3) is 0.611. The minimum absolute atomic E-state index is 0.0121. The smallest absolute Gasteiger partial charge is 0.243 e. The van der Waals surface area contributed by atoms with Crippen LogP contribution in [0.1, 0.15) is 32.1 Å². The number of nitrogens with zero attached hydrogens (tertiary/aromatic N) is 2. The molecule has 1 heterocycles. The van der Waals surface area contributed by atoms with E-state index in [1.807, 2.05) is 0 Å². The summed E-state index contributed by atoms with van der Waals surface area (Å²) in [4.78, 5) is 14.1. The van der Waals surface area contributed by atoms with E-state index in [0.717, 1.165) is 18.9 Å². The van der Waals surface area contributed by atoms with Crippen LogP contribution in [-0.4, -0.2) is 62.3 Å². The molecule has 1 saturated carbocycles. The van der Waals surface area contributed by atoms with Gasteiger partial charge in [0, 0.05) is 45.2 Å². The van der Waals surface area contributed by atoms with E-state index in [9.17, 15) is 17.6 Å². The Bertz CT molecular complexity index is 727. The van der Waals surface area contributed by atoms with Gasteiger partial charge >= 0.3 is 0 Å². The van der Waals surface area contributed by atoms with Crippen molar-refractivity contribution < 1.29 is 17.6 Å². The molecule has 0 aromatic heterocycles. The average Bonchev–Trinajstić information content (AvgIpc) is 3.13. The summed E-state index contributed by atoms with van der Waals surface area (Å²) in [5.74, 6) is -0.482. The van der Waals surface area contributed by atoms with Gasteiger partial charge in [-0.3, -0.25) is 4.79 Å². The molecule has 0 bridgehead atoms. The number of hydrogen-bond acceptors (Lipinski definition) is 4. The quantitative estimate of drug-likeness (QED) is 0.810. The van der Waals surface area contributed by atoms with Crippen molar-refractivity contribution in [3.8, 4) is 0 Å². The molecule has 1 aliphatic carbocycles. The van der Waals surface area contributed by atoms with E-state index in [0.29, 0.717) is 45.2 Å². The van der Waals surface area contributed by atoms with Gasteiger partial charge in [-0.1, -0.05) is 18.9 Å². The fourth-order valence-corrected chi connectivity index (χ4v) is 5.05. The predicted molar refractivity (Wildman–Crippen MR) is 96.6 cm³/mol. The molecule has 0 radical (unpaired) electrons. The first-order valence-electron chi connectivity index (χ1n) is 9.22. The van der Waals surface area contributed by atoms with Gasteiger partial charge in [0.05, 0.1) is 4.90 Å². The van der Waals surface area contributed by atoms with E-state index >= 15 is 0 Å². The summed E-state index contributed by atoms with van der Waals surface area (Å²) in [5.41, 5.74) is 0. The summed E-state index contributed by atoms with van der Waals surface area (Å²) in [6, 6.07) is 5.43. The summed E-state index contributed by atoms with van der Waals surface area (Å²) >= 11 is 0. The van der Waals surface area contributed by atoms with Crippen molar-refractivity contribution in [1.82, 2.24) is 14.5 Å². The van der Waals surface area contributed by atoms with Crippen LogP contribution >= 0.6 is 0 Å². The number of piperazine rings is 1. The highest BCUT2D eigenvalue weighted by Gasteiger charge is 2.29. The Morgan fingerprint density at radius 2 is 1.85 bits per heavy atom. The minimum atomic E-state index is -3.67. The second-order valence-electron chi connectivity index (χ2n) is 7.00. The Morgan fingerprint density at radius 3 is 2.50 bits per heavy atom. The highest BCUT2D eigenvalue weighted by Crippen LogP contribution is 2.19. The standard InChI is InChI=1S/C18H26FN3O3S/c19-15-4-3-7-17(14-15)26(24,25)22-12-10-21(11-13-22)9-8-18(23)20-16-5-1-2-6-16/h3-4,7,14,16H,1-2,5-6,8-13H2,(H,20,23). The van der Waals surface area contributed by atoms with Gasteiger partial charge < -0.3 is 10.2 Å². The van der Waals surface area contributed by atoms with E-state index in [4.69, 9.17) is 0 Å². The number of sulfonamides is 1. The van der Waals surface area contributed by atoms with Crippen LogP contribution in [0.2, 0.25) is 0 Å². The van der Waals surface area contributed by atoms with Crippen molar-refractivity contribution in [3.63, 3.8) is 0 Å². The van der Waals surface area contributed by atoms with Gasteiger partial charge in [-0.15, -0.1) is 0 Å². The molecule has 1 saturated heterocycles. The molecule has 1 aromatic rings. The van der Waals surface area contributed by atoms with Crippen LogP contribution in [-0.2, 0) is 14.8 Å². The van der Waals surface area contributed by atoms with Crippen molar-refractivity contribution >= 4 is 15.9 Å². The van der Waals surface area contributed by atoms with Crippen LogP contribution in [0.4, 0.5) is 4.39 Å². The largest absolute Gasteiger partial charge is 0.353 e. The van der Waals surface area contributed by atoms with Gasteiger partial charge in [-0.05, 0) is 31.0 Å². The first kappa shape index (κ1) is 19.3. The number of carbonyl (C=O) groups is 1. The summed E-state index contributed by atoms with van der Waals surface area (Å²) in [7, 11) is -3.67. The van der Waals surface area contributed by atoms with Gasteiger partial charge in [0.25, 0.3) is 0 Å². The second-order valence-corrected chi connectivity index (χ2v) is 8.94. The number of nitrogens with one attached hydrogen (secondary N) is 1. The molecule has 2 fully saturated rings. The molecule has 8 heteroatoms. The third-order valence-electron chi connectivity index (χ3n) is 5.14. The molecule has 3 rings (SSSR count). The summed E-state index contributed by atoms with van der Waals surface area (Å²) in [6.07, 6.45) is 4.96. The lowest BCUT2D eigenvalue weighted by atomic mass is 10.2. The van der Waals surface area contributed by atoms with Gasteiger partial charge in [-0.2, -0.15) is 4.31 Å². The van der Waals surface area contributed by atoms with Crippen molar-refractivity contribution in [2.45, 2.75) is 43.0 Å². The Balaban J connectivity index is 1.45. The normalized spacial score (nSPS) is 20.3. The molecular weight excluding hydrogens is 357 g/mol. The third kappa shape index (κ3) is 4.81. The first-order valence-corrected chi connectivity index (χ1v) is 10.7. The van der Waals surface area contributed by atoms with E-state index < -0.39 is 15.8 Å². The SMILES string of the molecule is O=C(CCN1CCN(S(=O)(=O)c2cccc(F)c2)CC1)NC1CCCC1. The Morgan fingerprint density at radius 1 is 1.15 bits per heavy atom. The van der Waals surface area contributed by atoms with Crippen LogP contribution in [0.3, 0.4) is 0 Å². The van der Waals surface area contributed by atoms with Gasteiger partial charge in [0.2, 0.25) is 15.9 Å². The summed E-state index contributed by atoms with van der Waals surface area (Å²) in [6.45, 7) is 2.48. The predicted octanol–water partition coefficient (Wildman–Crippen LogP) is 1.58. The molecule has 6 nitrogen and oxygen atoms in total. The average molecular weight is 383 g/mol. The van der Waals surface area contributed by atoms with Crippen LogP contribution in [0.5, 0.6) is 0 Å². The molecule has 144 valence electrons. The zero-order chi connectivity index (χ0) is 18.6. The lowest BCUT2D eigenvalue weighted by Crippen LogP contribution is -2.49. The van der Waals surface area contributed by atoms with E-state index in [1.165, 1.54) is 35.3 Å². The molecule has 1 aliphatic heterocycles. The third-order valence-corrected chi connectivity index (χ3v) is 7.04. The van der Waals surface area contributed by atoms with Crippen molar-refractivity contribution in [2.24, 2.45) is 0 Å². The first-order chi connectivity index (χ1) is 12.4. The van der Waals surface area contributed by atoms with Crippen molar-refractivity contribution in [1.29, 1.82) is 0 Å². The van der Waals surface area contributed by atoms with E-state index in [1.54, 1.807) is 0 Å². The van der Waals surface area contributed by atoms with Gasteiger partial charge in [0.1, 0.15) is 5.82 Å².